The zero-order valence-corrected chi connectivity index (χ0v) is 13.2. The van der Waals surface area contributed by atoms with Crippen LogP contribution in [0.5, 0.6) is 5.75 Å². The average molecular weight is 316 g/mol. The zero-order chi connectivity index (χ0) is 16.2. The van der Waals surface area contributed by atoms with E-state index in [1.807, 2.05) is 26.0 Å². The number of aromatic nitrogens is 2. The summed E-state index contributed by atoms with van der Waals surface area (Å²) in [5, 5.41) is 6.62. The van der Waals surface area contributed by atoms with Gasteiger partial charge in [-0.25, -0.2) is 4.79 Å². The number of nitrogens with zero attached hydrogens (tertiary/aromatic N) is 3. The van der Waals surface area contributed by atoms with E-state index in [0.717, 1.165) is 17.9 Å². The zero-order valence-electron chi connectivity index (χ0n) is 13.2. The van der Waals surface area contributed by atoms with Gasteiger partial charge in [-0.05, 0) is 12.1 Å². The molecule has 2 amide bonds. The Morgan fingerprint density at radius 3 is 3.09 bits per heavy atom. The van der Waals surface area contributed by atoms with Gasteiger partial charge in [-0.15, -0.1) is 0 Å². The number of hydrogen-bond donors (Lipinski definition) is 1. The second kappa shape index (κ2) is 6.68. The van der Waals surface area contributed by atoms with E-state index in [4.69, 9.17) is 9.26 Å². The molecule has 23 heavy (non-hydrogen) atoms. The number of carbonyl (C=O) groups is 1. The lowest BCUT2D eigenvalue weighted by Crippen LogP contribution is -2.34. The smallest absolute Gasteiger partial charge is 0.323 e. The Hall–Kier alpha value is -2.57. The summed E-state index contributed by atoms with van der Waals surface area (Å²) >= 11 is 0. The summed E-state index contributed by atoms with van der Waals surface area (Å²) in [6.07, 6.45) is 4.14. The van der Waals surface area contributed by atoms with Crippen LogP contribution in [0.4, 0.5) is 10.6 Å². The van der Waals surface area contributed by atoms with Crippen LogP contribution in [-0.4, -0.2) is 40.3 Å². The first kappa shape index (κ1) is 15.3. The van der Waals surface area contributed by atoms with E-state index in [2.05, 4.69) is 15.5 Å². The van der Waals surface area contributed by atoms with Gasteiger partial charge < -0.3 is 14.2 Å². The van der Waals surface area contributed by atoms with Crippen molar-refractivity contribution >= 4 is 11.8 Å². The van der Waals surface area contributed by atoms with Crippen LogP contribution in [0.15, 0.2) is 35.1 Å². The highest BCUT2D eigenvalue weighted by Gasteiger charge is 2.28. The van der Waals surface area contributed by atoms with Gasteiger partial charge >= 0.3 is 6.03 Å². The predicted octanol–water partition coefficient (Wildman–Crippen LogP) is 2.88. The minimum absolute atomic E-state index is 0.0199. The first-order chi connectivity index (χ1) is 11.1. The molecule has 2 aromatic heterocycles. The van der Waals surface area contributed by atoms with Gasteiger partial charge in [0.25, 0.3) is 0 Å². The van der Waals surface area contributed by atoms with Crippen molar-refractivity contribution in [3.05, 3.63) is 36.4 Å². The first-order valence-electron chi connectivity index (χ1n) is 7.71. The van der Waals surface area contributed by atoms with Crippen LogP contribution in [0.3, 0.4) is 0 Å². The first-order valence-corrected chi connectivity index (χ1v) is 7.71. The molecule has 1 aliphatic rings. The molecule has 7 nitrogen and oxygen atoms in total. The summed E-state index contributed by atoms with van der Waals surface area (Å²) in [5.41, 5.74) is 0. The number of rotatable bonds is 4. The summed E-state index contributed by atoms with van der Waals surface area (Å²) in [6.45, 7) is 5.20. The maximum Gasteiger partial charge on any atom is 0.323 e. The van der Waals surface area contributed by atoms with Gasteiger partial charge in [0.2, 0.25) is 0 Å². The lowest BCUT2D eigenvalue weighted by molar-refractivity contribution is 0.194. The Balaban J connectivity index is 1.52. The van der Waals surface area contributed by atoms with Crippen LogP contribution in [0.1, 0.15) is 31.9 Å². The molecule has 0 bridgehead atoms. The van der Waals surface area contributed by atoms with Gasteiger partial charge in [0.1, 0.15) is 17.6 Å². The fraction of sp³-hybridized carbons (Fsp3) is 0.438. The van der Waals surface area contributed by atoms with Gasteiger partial charge in [-0.3, -0.25) is 10.3 Å². The highest BCUT2D eigenvalue weighted by atomic mass is 16.5. The van der Waals surface area contributed by atoms with E-state index in [0.29, 0.717) is 18.9 Å². The number of carbonyl (C=O) groups excluding carboxylic acids is 1. The molecular weight excluding hydrogens is 296 g/mol. The number of likely N-dealkylation sites (tertiary alicyclic amines) is 1. The van der Waals surface area contributed by atoms with Crippen LogP contribution in [0.25, 0.3) is 0 Å². The van der Waals surface area contributed by atoms with E-state index in [9.17, 15) is 4.79 Å². The molecule has 0 saturated carbocycles. The number of amides is 2. The van der Waals surface area contributed by atoms with Crippen molar-refractivity contribution in [1.82, 2.24) is 15.0 Å². The second-order valence-electron chi connectivity index (χ2n) is 5.86. The molecule has 0 unspecified atom stereocenters. The Bertz CT molecular complexity index is 656. The van der Waals surface area contributed by atoms with Crippen molar-refractivity contribution in [2.75, 3.05) is 18.4 Å². The van der Waals surface area contributed by atoms with E-state index in [1.54, 1.807) is 23.4 Å². The number of anilines is 1. The summed E-state index contributed by atoms with van der Waals surface area (Å²) in [5.74, 6) is 2.14. The molecule has 1 N–H and O–H groups in total. The van der Waals surface area contributed by atoms with Gasteiger partial charge in [0.15, 0.2) is 5.82 Å². The third-order valence-corrected chi connectivity index (χ3v) is 3.70. The summed E-state index contributed by atoms with van der Waals surface area (Å²) in [7, 11) is 0. The molecule has 1 fully saturated rings. The van der Waals surface area contributed by atoms with Gasteiger partial charge in [-0.1, -0.05) is 19.0 Å². The second-order valence-corrected chi connectivity index (χ2v) is 5.86. The lowest BCUT2D eigenvalue weighted by Gasteiger charge is -2.16. The molecular formula is C16H20N4O3. The fourth-order valence-electron chi connectivity index (χ4n) is 2.43. The van der Waals surface area contributed by atoms with Crippen molar-refractivity contribution in [1.29, 1.82) is 0 Å². The van der Waals surface area contributed by atoms with E-state index in [-0.39, 0.29) is 18.1 Å². The van der Waals surface area contributed by atoms with Crippen molar-refractivity contribution in [3.63, 3.8) is 0 Å². The predicted molar refractivity (Wildman–Crippen MR) is 84.5 cm³/mol. The Labute approximate surface area is 134 Å². The van der Waals surface area contributed by atoms with Gasteiger partial charge in [0.05, 0.1) is 12.7 Å². The van der Waals surface area contributed by atoms with Crippen LogP contribution in [-0.2, 0) is 0 Å². The van der Waals surface area contributed by atoms with E-state index < -0.39 is 0 Å². The van der Waals surface area contributed by atoms with E-state index in [1.165, 1.54) is 0 Å². The SMILES string of the molecule is CC(C)c1cc(NC(=O)N2CC[C@@H](Oc3cccnc3)C2)no1. The summed E-state index contributed by atoms with van der Waals surface area (Å²) in [6, 6.07) is 5.25. The van der Waals surface area contributed by atoms with Crippen molar-refractivity contribution in [2.45, 2.75) is 32.3 Å². The average Bonchev–Trinajstić information content (AvgIpc) is 3.18. The Kier molecular flexibility index (Phi) is 4.45. The molecule has 0 radical (unpaired) electrons. The van der Waals surface area contributed by atoms with Crippen molar-refractivity contribution in [2.24, 2.45) is 0 Å². The molecule has 0 aromatic carbocycles. The third kappa shape index (κ3) is 3.80. The fourth-order valence-corrected chi connectivity index (χ4v) is 2.43. The molecule has 0 spiro atoms. The van der Waals surface area contributed by atoms with Crippen LogP contribution < -0.4 is 10.1 Å². The molecule has 1 aliphatic heterocycles. The minimum Gasteiger partial charge on any atom is -0.487 e. The molecule has 1 saturated heterocycles. The molecule has 0 aliphatic carbocycles. The van der Waals surface area contributed by atoms with Crippen LogP contribution >= 0.6 is 0 Å². The number of hydrogen-bond acceptors (Lipinski definition) is 5. The molecule has 122 valence electrons. The number of nitrogens with one attached hydrogen (secondary N) is 1. The topological polar surface area (TPSA) is 80.5 Å². The maximum atomic E-state index is 12.3. The highest BCUT2D eigenvalue weighted by molar-refractivity contribution is 5.88. The van der Waals surface area contributed by atoms with Crippen molar-refractivity contribution < 1.29 is 14.1 Å². The number of ether oxygens (including phenoxy) is 1. The summed E-state index contributed by atoms with van der Waals surface area (Å²) in [4.78, 5) is 18.0. The van der Waals surface area contributed by atoms with Crippen LogP contribution in [0, 0.1) is 0 Å². The van der Waals surface area contributed by atoms with Crippen LogP contribution in [0.2, 0.25) is 0 Å². The lowest BCUT2D eigenvalue weighted by atomic mass is 10.2. The normalized spacial score (nSPS) is 17.5. The quantitative estimate of drug-likeness (QED) is 0.938. The standard InChI is InChI=1S/C16H20N4O3/c1-11(2)14-8-15(19-23-14)18-16(21)20-7-5-13(10-20)22-12-4-3-6-17-9-12/h3-4,6,8-9,11,13H,5,7,10H2,1-2H3,(H,18,19,21)/t13-/m1/s1. The molecule has 2 aromatic rings. The monoisotopic (exact) mass is 316 g/mol. The Morgan fingerprint density at radius 2 is 2.39 bits per heavy atom. The molecule has 7 heteroatoms. The van der Waals surface area contributed by atoms with Gasteiger partial charge in [-0.2, -0.15) is 0 Å². The summed E-state index contributed by atoms with van der Waals surface area (Å²) < 4.78 is 11.0. The number of pyridine rings is 1. The van der Waals surface area contributed by atoms with Crippen molar-refractivity contribution in [3.8, 4) is 5.75 Å². The minimum atomic E-state index is -0.189. The Morgan fingerprint density at radius 1 is 1.52 bits per heavy atom. The molecule has 3 rings (SSSR count). The van der Waals surface area contributed by atoms with E-state index >= 15 is 0 Å². The number of urea groups is 1. The van der Waals surface area contributed by atoms with Gasteiger partial charge in [0, 0.05) is 31.1 Å². The molecule has 3 heterocycles. The highest BCUT2D eigenvalue weighted by Crippen LogP contribution is 2.20. The maximum absolute atomic E-state index is 12.3. The third-order valence-electron chi connectivity index (χ3n) is 3.70. The largest absolute Gasteiger partial charge is 0.487 e. The molecule has 1 atom stereocenters.